The van der Waals surface area contributed by atoms with Crippen LogP contribution in [0.5, 0.6) is 0 Å². The molecule has 2 rings (SSSR count). The number of guanidine groups is 1. The van der Waals surface area contributed by atoms with Gasteiger partial charge < -0.3 is 25.5 Å². The van der Waals surface area contributed by atoms with Gasteiger partial charge in [0.25, 0.3) is 5.91 Å². The topological polar surface area (TPSA) is 98.9 Å². The van der Waals surface area contributed by atoms with Crippen LogP contribution in [0.2, 0.25) is 0 Å². The molecule has 7 nitrogen and oxygen atoms in total. The van der Waals surface area contributed by atoms with Crippen molar-refractivity contribution in [2.75, 3.05) is 26.2 Å². The van der Waals surface area contributed by atoms with Gasteiger partial charge in [-0.1, -0.05) is 17.7 Å². The lowest BCUT2D eigenvalue weighted by atomic mass is 9.96. The van der Waals surface area contributed by atoms with Gasteiger partial charge in [-0.2, -0.15) is 0 Å². The molecule has 0 radical (unpaired) electrons. The number of nitrogens with zero attached hydrogens (tertiary/aromatic N) is 1. The lowest BCUT2D eigenvalue weighted by molar-refractivity contribution is 0.0657. The van der Waals surface area contributed by atoms with Gasteiger partial charge in [-0.25, -0.2) is 4.99 Å². The molecule has 0 aliphatic carbocycles. The summed E-state index contributed by atoms with van der Waals surface area (Å²) in [4.78, 5) is 16.7. The molecule has 1 atom stereocenters. The average molecular weight is 401 g/mol. The second-order valence-electron chi connectivity index (χ2n) is 7.35. The number of hydrogen-bond donors (Lipinski definition) is 4. The molecule has 29 heavy (non-hydrogen) atoms. The highest BCUT2D eigenvalue weighted by atomic mass is 16.3. The first kappa shape index (κ1) is 22.5. The molecule has 1 heterocycles. The molecular formula is C22H32N4O3. The number of carbonyl (C=O) groups is 1. The van der Waals surface area contributed by atoms with Crippen LogP contribution in [-0.4, -0.2) is 43.2 Å². The van der Waals surface area contributed by atoms with Gasteiger partial charge in [0.2, 0.25) is 0 Å². The lowest BCUT2D eigenvalue weighted by Crippen LogP contribution is -2.42. The molecule has 0 fully saturated rings. The molecule has 1 aromatic heterocycles. The van der Waals surface area contributed by atoms with Gasteiger partial charge in [-0.05, 0) is 52.8 Å². The van der Waals surface area contributed by atoms with Crippen LogP contribution in [-0.2, 0) is 5.60 Å². The predicted molar refractivity (Wildman–Crippen MR) is 115 cm³/mol. The van der Waals surface area contributed by atoms with E-state index >= 15 is 0 Å². The Bertz CT molecular complexity index is 855. The Hall–Kier alpha value is -2.80. The molecule has 0 aliphatic heterocycles. The Labute approximate surface area is 172 Å². The smallest absolute Gasteiger partial charge is 0.251 e. The number of amides is 1. The largest absolute Gasteiger partial charge is 0.466 e. The van der Waals surface area contributed by atoms with E-state index in [1.54, 1.807) is 13.0 Å². The van der Waals surface area contributed by atoms with E-state index in [4.69, 9.17) is 4.42 Å². The molecular weight excluding hydrogens is 368 g/mol. The van der Waals surface area contributed by atoms with Crippen molar-refractivity contribution in [3.63, 3.8) is 0 Å². The Morgan fingerprint density at radius 3 is 2.48 bits per heavy atom. The summed E-state index contributed by atoms with van der Waals surface area (Å²) in [6.07, 6.45) is 0. The summed E-state index contributed by atoms with van der Waals surface area (Å²) in [5.41, 5.74) is 1.30. The van der Waals surface area contributed by atoms with Crippen molar-refractivity contribution in [3.8, 4) is 0 Å². The van der Waals surface area contributed by atoms with Crippen LogP contribution < -0.4 is 16.0 Å². The van der Waals surface area contributed by atoms with Crippen molar-refractivity contribution in [1.82, 2.24) is 16.0 Å². The number of nitrogens with one attached hydrogen (secondary N) is 3. The number of benzene rings is 1. The third kappa shape index (κ3) is 6.64. The van der Waals surface area contributed by atoms with Crippen LogP contribution in [0.3, 0.4) is 0 Å². The number of furan rings is 1. The normalized spacial score (nSPS) is 13.7. The Balaban J connectivity index is 1.89. The lowest BCUT2D eigenvalue weighted by Gasteiger charge is -2.21. The van der Waals surface area contributed by atoms with Gasteiger partial charge >= 0.3 is 0 Å². The van der Waals surface area contributed by atoms with Crippen LogP contribution in [0.25, 0.3) is 0 Å². The second kappa shape index (κ2) is 10.1. The first-order valence-electron chi connectivity index (χ1n) is 9.90. The Morgan fingerprint density at radius 2 is 1.86 bits per heavy atom. The quantitative estimate of drug-likeness (QED) is 0.310. The molecule has 0 saturated heterocycles. The predicted octanol–water partition coefficient (Wildman–Crippen LogP) is 2.40. The second-order valence-corrected chi connectivity index (χ2v) is 7.35. The minimum absolute atomic E-state index is 0.105. The number of aryl methyl sites for hydroxylation is 3. The summed E-state index contributed by atoms with van der Waals surface area (Å²) < 4.78 is 5.52. The molecule has 0 saturated carbocycles. The molecule has 7 heteroatoms. The number of hydrogen-bond acceptors (Lipinski definition) is 4. The van der Waals surface area contributed by atoms with E-state index in [2.05, 4.69) is 20.9 Å². The SMILES string of the molecule is CCNC(=NCC(C)(O)c1cc(C)oc1C)NCCNC(=O)c1cccc(C)c1. The van der Waals surface area contributed by atoms with Crippen LogP contribution in [0.4, 0.5) is 0 Å². The van der Waals surface area contributed by atoms with Crippen LogP contribution >= 0.6 is 0 Å². The fourth-order valence-corrected chi connectivity index (χ4v) is 3.07. The van der Waals surface area contributed by atoms with E-state index in [0.717, 1.165) is 16.9 Å². The third-order valence-electron chi connectivity index (χ3n) is 4.49. The molecule has 0 aliphatic rings. The zero-order chi connectivity index (χ0) is 21.4. The first-order valence-corrected chi connectivity index (χ1v) is 9.90. The van der Waals surface area contributed by atoms with E-state index < -0.39 is 5.60 Å². The molecule has 1 unspecified atom stereocenters. The van der Waals surface area contributed by atoms with Crippen molar-refractivity contribution in [3.05, 3.63) is 58.5 Å². The average Bonchev–Trinajstić information content (AvgIpc) is 3.02. The van der Waals surface area contributed by atoms with Crippen molar-refractivity contribution in [1.29, 1.82) is 0 Å². The highest BCUT2D eigenvalue weighted by molar-refractivity contribution is 5.94. The number of rotatable bonds is 8. The van der Waals surface area contributed by atoms with Gasteiger partial charge in [0.05, 0.1) is 6.54 Å². The molecule has 1 aromatic carbocycles. The monoisotopic (exact) mass is 400 g/mol. The van der Waals surface area contributed by atoms with Crippen molar-refractivity contribution in [2.45, 2.75) is 40.2 Å². The fraction of sp³-hybridized carbons (Fsp3) is 0.455. The summed E-state index contributed by atoms with van der Waals surface area (Å²) in [7, 11) is 0. The van der Waals surface area contributed by atoms with Crippen molar-refractivity contribution >= 4 is 11.9 Å². The van der Waals surface area contributed by atoms with Gasteiger partial charge in [0.1, 0.15) is 17.1 Å². The van der Waals surface area contributed by atoms with Gasteiger partial charge in [0, 0.05) is 30.8 Å². The number of aliphatic hydroxyl groups is 1. The molecule has 0 spiro atoms. The van der Waals surface area contributed by atoms with Crippen molar-refractivity contribution in [2.24, 2.45) is 4.99 Å². The van der Waals surface area contributed by atoms with Crippen molar-refractivity contribution < 1.29 is 14.3 Å². The summed E-state index contributed by atoms with van der Waals surface area (Å²) in [5, 5.41) is 20.0. The van der Waals surface area contributed by atoms with Gasteiger partial charge in [0.15, 0.2) is 5.96 Å². The maximum absolute atomic E-state index is 12.2. The summed E-state index contributed by atoms with van der Waals surface area (Å²) in [5.74, 6) is 1.93. The molecule has 1 amide bonds. The third-order valence-corrected chi connectivity index (χ3v) is 4.49. The van der Waals surface area contributed by atoms with Gasteiger partial charge in [-0.3, -0.25) is 4.79 Å². The van der Waals surface area contributed by atoms with Crippen LogP contribution in [0.15, 0.2) is 39.7 Å². The maximum Gasteiger partial charge on any atom is 0.251 e. The molecule has 2 aromatic rings. The Kier molecular flexibility index (Phi) is 7.84. The summed E-state index contributed by atoms with van der Waals surface area (Å²) in [6.45, 7) is 11.2. The van der Waals surface area contributed by atoms with Gasteiger partial charge in [-0.15, -0.1) is 0 Å². The standard InChI is InChI=1S/C22H32N4O3/c1-6-23-21(26-14-22(5,28)19-13-16(3)29-17(19)4)25-11-10-24-20(27)18-9-7-8-15(2)12-18/h7-9,12-13,28H,6,10-11,14H2,1-5H3,(H,24,27)(H2,23,25,26). The van der Waals surface area contributed by atoms with E-state index in [-0.39, 0.29) is 12.5 Å². The molecule has 158 valence electrons. The zero-order valence-corrected chi connectivity index (χ0v) is 17.9. The summed E-state index contributed by atoms with van der Waals surface area (Å²) in [6, 6.07) is 9.32. The number of aliphatic imine (C=N–C) groups is 1. The van der Waals surface area contributed by atoms with Crippen LogP contribution in [0.1, 0.15) is 46.9 Å². The molecule has 0 bridgehead atoms. The van der Waals surface area contributed by atoms with E-state index in [0.29, 0.717) is 36.9 Å². The van der Waals surface area contributed by atoms with Crippen LogP contribution in [0, 0.1) is 20.8 Å². The Morgan fingerprint density at radius 1 is 1.14 bits per heavy atom. The number of carbonyl (C=O) groups excluding carboxylic acids is 1. The van der Waals surface area contributed by atoms with E-state index in [1.165, 1.54) is 0 Å². The highest BCUT2D eigenvalue weighted by Crippen LogP contribution is 2.27. The minimum Gasteiger partial charge on any atom is -0.466 e. The molecule has 4 N–H and O–H groups in total. The maximum atomic E-state index is 12.2. The minimum atomic E-state index is -1.14. The van der Waals surface area contributed by atoms with E-state index in [1.807, 2.05) is 52.0 Å². The zero-order valence-electron chi connectivity index (χ0n) is 17.9. The fourth-order valence-electron chi connectivity index (χ4n) is 3.07. The van der Waals surface area contributed by atoms with E-state index in [9.17, 15) is 9.90 Å². The highest BCUT2D eigenvalue weighted by Gasteiger charge is 2.27. The summed E-state index contributed by atoms with van der Waals surface area (Å²) >= 11 is 0. The first-order chi connectivity index (χ1) is 13.7.